The van der Waals surface area contributed by atoms with E-state index >= 15 is 0 Å². The molecule has 1 fully saturated rings. The summed E-state index contributed by atoms with van der Waals surface area (Å²) in [4.78, 5) is 31.9. The molecule has 1 amide bonds. The zero-order chi connectivity index (χ0) is 27.4. The molecule has 202 valence electrons. The summed E-state index contributed by atoms with van der Waals surface area (Å²) in [6, 6.07) is 10.7. The number of esters is 1. The Morgan fingerprint density at radius 3 is 2.55 bits per heavy atom. The zero-order valence-corrected chi connectivity index (χ0v) is 22.2. The Kier molecular flexibility index (Phi) is 8.40. The summed E-state index contributed by atoms with van der Waals surface area (Å²) in [5.74, 6) is 0.149. The number of hydrogen-bond donors (Lipinski definition) is 0. The van der Waals surface area contributed by atoms with Crippen LogP contribution in [0.1, 0.15) is 57.7 Å². The number of benzene rings is 2. The molecule has 6 nitrogen and oxygen atoms in total. The topological polar surface area (TPSA) is 68.7 Å². The first kappa shape index (κ1) is 27.6. The van der Waals surface area contributed by atoms with Crippen LogP contribution >= 0.6 is 11.3 Å². The molecule has 1 saturated heterocycles. The Morgan fingerprint density at radius 2 is 1.87 bits per heavy atom. The van der Waals surface area contributed by atoms with Gasteiger partial charge in [0.15, 0.2) is 6.61 Å². The van der Waals surface area contributed by atoms with Crippen LogP contribution in [0.3, 0.4) is 0 Å². The summed E-state index contributed by atoms with van der Waals surface area (Å²) in [5, 5.41) is 0.509. The molecule has 3 aromatic rings. The van der Waals surface area contributed by atoms with Gasteiger partial charge >= 0.3 is 12.1 Å². The number of aryl methyl sites for hydroxylation is 2. The Hall–Kier alpha value is -3.40. The molecule has 0 bridgehead atoms. The lowest BCUT2D eigenvalue weighted by atomic mass is 9.89. The smallest absolute Gasteiger partial charge is 0.416 e. The number of piperidine rings is 1. The molecule has 0 N–H and O–H groups in total. The van der Waals surface area contributed by atoms with Gasteiger partial charge in [-0.1, -0.05) is 24.3 Å². The fraction of sp³-hybridized carbons (Fsp3) is 0.393. The molecule has 1 aliphatic heterocycles. The highest BCUT2D eigenvalue weighted by Gasteiger charge is 2.31. The summed E-state index contributed by atoms with van der Waals surface area (Å²) in [7, 11) is 0. The van der Waals surface area contributed by atoms with Crippen LogP contribution in [0, 0.1) is 13.8 Å². The number of rotatable bonds is 7. The van der Waals surface area contributed by atoms with Crippen LogP contribution in [0.2, 0.25) is 0 Å². The molecule has 38 heavy (non-hydrogen) atoms. The first-order chi connectivity index (χ1) is 18.1. The van der Waals surface area contributed by atoms with E-state index in [2.05, 4.69) is 4.98 Å². The Bertz CT molecular complexity index is 1300. The number of carbonyl (C=O) groups excluding carboxylic acids is 2. The lowest BCUT2D eigenvalue weighted by Crippen LogP contribution is -2.39. The molecule has 1 unspecified atom stereocenters. The second kappa shape index (κ2) is 11.6. The number of ether oxygens (including phenoxy) is 2. The molecule has 2 heterocycles. The number of nitrogens with zero attached hydrogens (tertiary/aromatic N) is 2. The van der Waals surface area contributed by atoms with Crippen LogP contribution in [0.5, 0.6) is 5.75 Å². The van der Waals surface area contributed by atoms with Crippen LogP contribution in [0.15, 0.2) is 42.5 Å². The fourth-order valence-electron chi connectivity index (χ4n) is 4.46. The maximum absolute atomic E-state index is 13.5. The largest absolute Gasteiger partial charge is 0.482 e. The molecule has 0 aliphatic carbocycles. The lowest BCUT2D eigenvalue weighted by molar-refractivity contribution is -0.145. The van der Waals surface area contributed by atoms with Gasteiger partial charge in [0.2, 0.25) is 0 Å². The van der Waals surface area contributed by atoms with Crippen molar-refractivity contribution in [3.63, 3.8) is 0 Å². The SMILES string of the molecule is CCOC(=O)COc1cc(C2CCCN(C(=O)c3sc(-c4ccc(C(F)(F)F)cc4)nc3C)C2)ccc1C. The van der Waals surface area contributed by atoms with Gasteiger partial charge < -0.3 is 14.4 Å². The number of aromatic nitrogens is 1. The van der Waals surface area contributed by atoms with Gasteiger partial charge in [-0.25, -0.2) is 9.78 Å². The molecule has 1 aromatic heterocycles. The fourth-order valence-corrected chi connectivity index (χ4v) is 5.50. The second-order valence-electron chi connectivity index (χ2n) is 9.22. The Balaban J connectivity index is 1.47. The Morgan fingerprint density at radius 1 is 1.13 bits per heavy atom. The van der Waals surface area contributed by atoms with Gasteiger partial charge in [-0.15, -0.1) is 11.3 Å². The molecular weight excluding hydrogens is 517 g/mol. The van der Waals surface area contributed by atoms with E-state index in [1.807, 2.05) is 30.0 Å². The Labute approximate surface area is 223 Å². The first-order valence-electron chi connectivity index (χ1n) is 12.4. The monoisotopic (exact) mass is 546 g/mol. The predicted octanol–water partition coefficient (Wildman–Crippen LogP) is 6.41. The number of hydrogen-bond acceptors (Lipinski definition) is 6. The van der Waals surface area contributed by atoms with Crippen LogP contribution in [-0.4, -0.2) is 48.1 Å². The summed E-state index contributed by atoms with van der Waals surface area (Å²) in [5.41, 5.74) is 2.30. The number of amides is 1. The number of alkyl halides is 3. The van der Waals surface area contributed by atoms with Gasteiger partial charge in [-0.05, 0) is 62.9 Å². The van der Waals surface area contributed by atoms with Crippen LogP contribution in [0.25, 0.3) is 10.6 Å². The third kappa shape index (κ3) is 6.35. The van der Waals surface area contributed by atoms with Crippen molar-refractivity contribution in [1.82, 2.24) is 9.88 Å². The van der Waals surface area contributed by atoms with Gasteiger partial charge in [0.1, 0.15) is 15.6 Å². The van der Waals surface area contributed by atoms with Gasteiger partial charge in [-0.2, -0.15) is 13.2 Å². The molecule has 2 aromatic carbocycles. The van der Waals surface area contributed by atoms with Crippen molar-refractivity contribution in [2.45, 2.75) is 45.7 Å². The van der Waals surface area contributed by atoms with E-state index in [1.54, 1.807) is 13.8 Å². The van der Waals surface area contributed by atoms with Crippen LogP contribution in [-0.2, 0) is 15.7 Å². The summed E-state index contributed by atoms with van der Waals surface area (Å²) in [6.07, 6.45) is -2.68. The van der Waals surface area contributed by atoms with E-state index in [4.69, 9.17) is 9.47 Å². The van der Waals surface area contributed by atoms with Crippen LogP contribution in [0.4, 0.5) is 13.2 Å². The van der Waals surface area contributed by atoms with E-state index < -0.39 is 17.7 Å². The van der Waals surface area contributed by atoms with E-state index in [9.17, 15) is 22.8 Å². The third-order valence-electron chi connectivity index (χ3n) is 6.49. The molecule has 1 atom stereocenters. The van der Waals surface area contributed by atoms with Crippen molar-refractivity contribution in [1.29, 1.82) is 0 Å². The van der Waals surface area contributed by atoms with E-state index in [0.717, 1.165) is 36.1 Å². The van der Waals surface area contributed by atoms with Crippen molar-refractivity contribution < 1.29 is 32.2 Å². The summed E-state index contributed by atoms with van der Waals surface area (Å²) >= 11 is 1.20. The highest BCUT2D eigenvalue weighted by atomic mass is 32.1. The molecule has 0 saturated carbocycles. The third-order valence-corrected chi connectivity index (χ3v) is 7.69. The maximum Gasteiger partial charge on any atom is 0.416 e. The van der Waals surface area contributed by atoms with Gasteiger partial charge in [0.05, 0.1) is 17.9 Å². The summed E-state index contributed by atoms with van der Waals surface area (Å²) < 4.78 is 49.3. The van der Waals surface area contributed by atoms with E-state index in [-0.39, 0.29) is 25.0 Å². The molecule has 1 aliphatic rings. The second-order valence-corrected chi connectivity index (χ2v) is 10.2. The average molecular weight is 547 g/mol. The minimum Gasteiger partial charge on any atom is -0.482 e. The highest BCUT2D eigenvalue weighted by molar-refractivity contribution is 7.17. The quantitative estimate of drug-likeness (QED) is 0.321. The first-order valence-corrected chi connectivity index (χ1v) is 13.2. The highest BCUT2D eigenvalue weighted by Crippen LogP contribution is 2.35. The van der Waals surface area contributed by atoms with Gasteiger partial charge in [-0.3, -0.25) is 4.79 Å². The normalized spacial score (nSPS) is 15.8. The van der Waals surface area contributed by atoms with Gasteiger partial charge in [0.25, 0.3) is 5.91 Å². The predicted molar refractivity (Wildman–Crippen MR) is 138 cm³/mol. The van der Waals surface area contributed by atoms with Crippen molar-refractivity contribution in [2.75, 3.05) is 26.3 Å². The lowest BCUT2D eigenvalue weighted by Gasteiger charge is -2.33. The van der Waals surface area contributed by atoms with E-state index in [1.165, 1.54) is 23.5 Å². The minimum atomic E-state index is -4.41. The van der Waals surface area contributed by atoms with Crippen LogP contribution < -0.4 is 4.74 Å². The molecule has 0 radical (unpaired) electrons. The molecule has 4 rings (SSSR count). The number of halogens is 3. The van der Waals surface area contributed by atoms with Crippen molar-refractivity contribution in [2.24, 2.45) is 0 Å². The minimum absolute atomic E-state index is 0.0980. The van der Waals surface area contributed by atoms with Crippen molar-refractivity contribution in [3.05, 3.63) is 69.7 Å². The van der Waals surface area contributed by atoms with E-state index in [0.29, 0.717) is 40.0 Å². The summed E-state index contributed by atoms with van der Waals surface area (Å²) in [6.45, 7) is 6.64. The number of carbonyl (C=O) groups is 2. The number of thiazole rings is 1. The van der Waals surface area contributed by atoms with Crippen molar-refractivity contribution >= 4 is 23.2 Å². The zero-order valence-electron chi connectivity index (χ0n) is 21.4. The number of likely N-dealkylation sites (tertiary alicyclic amines) is 1. The maximum atomic E-state index is 13.5. The average Bonchev–Trinajstić information content (AvgIpc) is 3.29. The van der Waals surface area contributed by atoms with Crippen molar-refractivity contribution in [3.8, 4) is 16.3 Å². The molecule has 10 heteroatoms. The van der Waals surface area contributed by atoms with Gasteiger partial charge in [0, 0.05) is 24.6 Å². The molecule has 0 spiro atoms. The standard InChI is InChI=1S/C28H29F3N2O4S/c1-4-36-24(34)16-37-23-14-20(8-7-17(23)2)21-6-5-13-33(15-21)27(35)25-18(3)32-26(38-25)19-9-11-22(12-10-19)28(29,30)31/h7-12,14,21H,4-6,13,15-16H2,1-3H3. The molecular formula is C28H29F3N2O4S.